The van der Waals surface area contributed by atoms with Gasteiger partial charge in [-0.3, -0.25) is 10.1 Å². The molecule has 1 aromatic heterocycles. The number of allylic oxidation sites excluding steroid dienone is 1. The second-order valence-electron chi connectivity index (χ2n) is 7.99. The van der Waals surface area contributed by atoms with E-state index in [4.69, 9.17) is 0 Å². The summed E-state index contributed by atoms with van der Waals surface area (Å²) in [6.07, 6.45) is 5.86. The third-order valence-electron chi connectivity index (χ3n) is 6.14. The number of hydrogen-bond donors (Lipinski definition) is 2. The summed E-state index contributed by atoms with van der Waals surface area (Å²) in [4.78, 5) is 24.3. The van der Waals surface area contributed by atoms with Gasteiger partial charge in [0, 0.05) is 34.2 Å². The number of thiophene rings is 1. The van der Waals surface area contributed by atoms with E-state index in [0.29, 0.717) is 17.2 Å². The molecule has 2 heterocycles. The second kappa shape index (κ2) is 7.63. The van der Waals surface area contributed by atoms with Crippen molar-refractivity contribution >= 4 is 28.0 Å². The van der Waals surface area contributed by atoms with Gasteiger partial charge in [-0.1, -0.05) is 37.8 Å². The van der Waals surface area contributed by atoms with Crippen LogP contribution in [0.25, 0.3) is 0 Å². The minimum Gasteiger partial charge on any atom is -0.478 e. The topological polar surface area (TPSA) is 92.5 Å². The summed E-state index contributed by atoms with van der Waals surface area (Å²) >= 11 is 1.65. The molecule has 1 fully saturated rings. The number of aryl methyl sites for hydroxylation is 1. The summed E-state index contributed by atoms with van der Waals surface area (Å²) in [6.45, 7) is 3.86. The molecule has 1 saturated carbocycles. The number of rotatable bonds is 5. The summed E-state index contributed by atoms with van der Waals surface area (Å²) in [5.74, 6) is -0.878. The molecule has 0 saturated heterocycles. The van der Waals surface area contributed by atoms with Crippen molar-refractivity contribution in [3.63, 3.8) is 0 Å². The summed E-state index contributed by atoms with van der Waals surface area (Å²) in [5, 5.41) is 25.6. The number of carboxylic acids is 1. The predicted octanol–water partition coefficient (Wildman–Crippen LogP) is 5.61. The minimum atomic E-state index is -0.993. The van der Waals surface area contributed by atoms with Crippen LogP contribution in [0.5, 0.6) is 0 Å². The van der Waals surface area contributed by atoms with Crippen LogP contribution < -0.4 is 5.32 Å². The maximum atomic E-state index is 12.2. The number of fused-ring (bicyclic) bond motifs is 1. The minimum absolute atomic E-state index is 0.0192. The average Bonchev–Trinajstić information content (AvgIpc) is 3.29. The van der Waals surface area contributed by atoms with Crippen LogP contribution in [0.1, 0.15) is 60.1 Å². The van der Waals surface area contributed by atoms with Crippen LogP contribution >= 0.6 is 11.3 Å². The highest BCUT2D eigenvalue weighted by atomic mass is 32.1. The molecule has 1 aliphatic heterocycles. The Balaban J connectivity index is 1.89. The van der Waals surface area contributed by atoms with Crippen LogP contribution in [0.4, 0.5) is 10.7 Å². The fraction of sp³-hybridized carbons (Fsp3) is 0.409. The van der Waals surface area contributed by atoms with E-state index in [-0.39, 0.29) is 11.3 Å². The molecule has 1 unspecified atom stereocenters. The first-order chi connectivity index (χ1) is 13.9. The number of non-ortho nitro benzene ring substituents is 1. The Hall–Kier alpha value is -2.67. The fourth-order valence-electron chi connectivity index (χ4n) is 4.78. The van der Waals surface area contributed by atoms with Gasteiger partial charge in [0.05, 0.1) is 15.5 Å². The normalized spacial score (nSPS) is 19.2. The summed E-state index contributed by atoms with van der Waals surface area (Å²) in [6, 6.07) is 6.40. The molecule has 0 radical (unpaired) electrons. The molecule has 0 bridgehead atoms. The number of carboxylic acid groups (broad SMARTS) is 1. The number of carbonyl (C=O) groups is 1. The largest absolute Gasteiger partial charge is 0.478 e. The highest BCUT2D eigenvalue weighted by Gasteiger charge is 2.37. The number of nitrogens with one attached hydrogen (secondary N) is 1. The maximum Gasteiger partial charge on any atom is 0.334 e. The average molecular weight is 413 g/mol. The van der Waals surface area contributed by atoms with Crippen molar-refractivity contribution in [3.05, 3.63) is 67.2 Å². The summed E-state index contributed by atoms with van der Waals surface area (Å²) < 4.78 is 0. The maximum absolute atomic E-state index is 12.2. The zero-order valence-electron chi connectivity index (χ0n) is 16.5. The summed E-state index contributed by atoms with van der Waals surface area (Å²) in [7, 11) is 0. The molecular weight excluding hydrogens is 388 g/mol. The van der Waals surface area contributed by atoms with Gasteiger partial charge < -0.3 is 10.4 Å². The number of nitro groups is 1. The molecule has 29 heavy (non-hydrogen) atoms. The van der Waals surface area contributed by atoms with Crippen molar-refractivity contribution < 1.29 is 14.8 Å². The third kappa shape index (κ3) is 3.55. The van der Waals surface area contributed by atoms with Gasteiger partial charge in [-0.15, -0.1) is 11.3 Å². The van der Waals surface area contributed by atoms with Crippen molar-refractivity contribution in [2.75, 3.05) is 5.32 Å². The molecule has 4 rings (SSSR count). The quantitative estimate of drug-likeness (QED) is 0.492. The highest BCUT2D eigenvalue weighted by molar-refractivity contribution is 7.16. The Bertz CT molecular complexity index is 1020. The van der Waals surface area contributed by atoms with E-state index < -0.39 is 16.8 Å². The Kier molecular flexibility index (Phi) is 5.17. The zero-order chi connectivity index (χ0) is 20.7. The number of hydrogen-bond acceptors (Lipinski definition) is 5. The molecule has 2 aliphatic rings. The van der Waals surface area contributed by atoms with Gasteiger partial charge in [0.25, 0.3) is 5.69 Å². The van der Waals surface area contributed by atoms with Gasteiger partial charge in [-0.05, 0) is 37.3 Å². The summed E-state index contributed by atoms with van der Waals surface area (Å²) in [5.41, 5.74) is 3.70. The van der Waals surface area contributed by atoms with Crippen LogP contribution in [0.2, 0.25) is 0 Å². The van der Waals surface area contributed by atoms with Gasteiger partial charge >= 0.3 is 5.97 Å². The molecule has 1 aromatic carbocycles. The molecule has 2 aromatic rings. The van der Waals surface area contributed by atoms with Gasteiger partial charge in [-0.25, -0.2) is 4.79 Å². The second-order valence-corrected chi connectivity index (χ2v) is 9.21. The Morgan fingerprint density at radius 2 is 2.03 bits per heavy atom. The molecular formula is C22H24N2O4S. The lowest BCUT2D eigenvalue weighted by Crippen LogP contribution is -2.23. The third-order valence-corrected chi connectivity index (χ3v) is 7.22. The monoisotopic (exact) mass is 412 g/mol. The molecule has 6 nitrogen and oxygen atoms in total. The first-order valence-corrected chi connectivity index (χ1v) is 10.8. The molecule has 7 heteroatoms. The standard InChI is InChI=1S/C22H24N2O4S/c1-12-18(22(25)26)19(15-8-5-9-16(11-15)24(27)28)20-17(10-14-6-3-4-7-14)13(2)29-21(20)23-12/h5,8-9,11,14,19,23H,3-4,6-7,10H2,1-2H3,(H,25,26). The smallest absolute Gasteiger partial charge is 0.334 e. The SMILES string of the molecule is CC1=C(C(=O)O)C(c2cccc([N+](=O)[O-])c2)c2c(sc(C)c2CC2CCCC2)N1. The van der Waals surface area contributed by atoms with E-state index in [1.54, 1.807) is 30.4 Å². The Morgan fingerprint density at radius 1 is 1.31 bits per heavy atom. The molecule has 1 aliphatic carbocycles. The van der Waals surface area contributed by atoms with Crippen molar-refractivity contribution in [1.82, 2.24) is 0 Å². The Morgan fingerprint density at radius 3 is 2.69 bits per heavy atom. The van der Waals surface area contributed by atoms with E-state index in [2.05, 4.69) is 12.2 Å². The molecule has 1 atom stereocenters. The first-order valence-electron chi connectivity index (χ1n) is 9.94. The van der Waals surface area contributed by atoms with Crippen LogP contribution in [-0.4, -0.2) is 16.0 Å². The van der Waals surface area contributed by atoms with E-state index in [0.717, 1.165) is 17.0 Å². The van der Waals surface area contributed by atoms with Crippen molar-refractivity contribution in [2.45, 2.75) is 51.9 Å². The van der Waals surface area contributed by atoms with Crippen LogP contribution in [0.15, 0.2) is 35.5 Å². The van der Waals surface area contributed by atoms with Gasteiger partial charge in [0.15, 0.2) is 0 Å². The predicted molar refractivity (Wildman–Crippen MR) is 114 cm³/mol. The van der Waals surface area contributed by atoms with Crippen molar-refractivity contribution in [3.8, 4) is 0 Å². The van der Waals surface area contributed by atoms with Gasteiger partial charge in [0.1, 0.15) is 0 Å². The van der Waals surface area contributed by atoms with Crippen molar-refractivity contribution in [1.29, 1.82) is 0 Å². The fourth-order valence-corrected chi connectivity index (χ4v) is 5.96. The molecule has 2 N–H and O–H groups in total. The lowest BCUT2D eigenvalue weighted by atomic mass is 9.79. The molecule has 0 spiro atoms. The van der Waals surface area contributed by atoms with Crippen LogP contribution in [-0.2, 0) is 11.2 Å². The van der Waals surface area contributed by atoms with E-state index >= 15 is 0 Å². The highest BCUT2D eigenvalue weighted by Crippen LogP contribution is 2.49. The Labute approximate surface area is 173 Å². The lowest BCUT2D eigenvalue weighted by Gasteiger charge is -2.28. The molecule has 0 amide bonds. The van der Waals surface area contributed by atoms with Gasteiger partial charge in [0.2, 0.25) is 0 Å². The number of anilines is 1. The van der Waals surface area contributed by atoms with E-state index in [1.807, 2.05) is 0 Å². The number of benzene rings is 1. The van der Waals surface area contributed by atoms with Crippen LogP contribution in [0.3, 0.4) is 0 Å². The number of nitrogens with zero attached hydrogens (tertiary/aromatic N) is 1. The zero-order valence-corrected chi connectivity index (χ0v) is 17.3. The van der Waals surface area contributed by atoms with E-state index in [1.165, 1.54) is 48.3 Å². The van der Waals surface area contributed by atoms with Crippen molar-refractivity contribution in [2.24, 2.45) is 5.92 Å². The van der Waals surface area contributed by atoms with Gasteiger partial charge in [-0.2, -0.15) is 0 Å². The van der Waals surface area contributed by atoms with Crippen LogP contribution in [0, 0.1) is 23.0 Å². The molecule has 152 valence electrons. The first kappa shape index (κ1) is 19.6. The lowest BCUT2D eigenvalue weighted by molar-refractivity contribution is -0.384. The van der Waals surface area contributed by atoms with E-state index in [9.17, 15) is 20.0 Å². The number of aliphatic carboxylic acids is 1. The number of nitro benzene ring substituents is 1.